The highest BCUT2D eigenvalue weighted by atomic mass is 19.1. The molecule has 0 aromatic heterocycles. The first kappa shape index (κ1) is 15.2. The van der Waals surface area contributed by atoms with Gasteiger partial charge in [0, 0.05) is 13.1 Å². The zero-order valence-corrected chi connectivity index (χ0v) is 11.6. The number of hydrogen-bond acceptors (Lipinski definition) is 2. The molecule has 0 saturated heterocycles. The molecule has 0 spiro atoms. The molecular weight excluding hydrogens is 245 g/mol. The summed E-state index contributed by atoms with van der Waals surface area (Å²) in [5.74, 6) is -0.319. The Bertz CT molecular complexity index is 452. The quantitative estimate of drug-likeness (QED) is 0.776. The van der Waals surface area contributed by atoms with Crippen LogP contribution >= 0.6 is 0 Å². The number of hydrogen-bond donors (Lipinski definition) is 0. The minimum absolute atomic E-state index is 0.290. The molecule has 1 aromatic rings. The smallest absolute Gasteiger partial charge is 0.410 e. The van der Waals surface area contributed by atoms with Crippen molar-refractivity contribution in [3.63, 3.8) is 0 Å². The summed E-state index contributed by atoms with van der Waals surface area (Å²) >= 11 is 0. The van der Waals surface area contributed by atoms with E-state index in [1.807, 2.05) is 0 Å². The molecular formula is C15H20FNO2. The van der Waals surface area contributed by atoms with Gasteiger partial charge in [0.1, 0.15) is 11.4 Å². The maximum atomic E-state index is 13.1. The molecule has 3 nitrogen and oxygen atoms in total. The van der Waals surface area contributed by atoms with Crippen LogP contribution in [0.5, 0.6) is 0 Å². The van der Waals surface area contributed by atoms with Crippen LogP contribution < -0.4 is 0 Å². The average Bonchev–Trinajstić information content (AvgIpc) is 2.26. The van der Waals surface area contributed by atoms with Gasteiger partial charge in [0.25, 0.3) is 0 Å². The van der Waals surface area contributed by atoms with E-state index < -0.39 is 11.7 Å². The summed E-state index contributed by atoms with van der Waals surface area (Å²) < 4.78 is 18.4. The highest BCUT2D eigenvalue weighted by Crippen LogP contribution is 2.13. The van der Waals surface area contributed by atoms with E-state index >= 15 is 0 Å². The van der Waals surface area contributed by atoms with Gasteiger partial charge in [-0.25, -0.2) is 9.18 Å². The molecule has 0 saturated carbocycles. The third-order valence-electron chi connectivity index (χ3n) is 2.26. The van der Waals surface area contributed by atoms with E-state index in [1.54, 1.807) is 39.0 Å². The largest absolute Gasteiger partial charge is 0.444 e. The summed E-state index contributed by atoms with van der Waals surface area (Å²) in [6.45, 7) is 9.67. The first-order chi connectivity index (χ1) is 8.81. The van der Waals surface area contributed by atoms with E-state index in [1.165, 1.54) is 17.0 Å². The maximum Gasteiger partial charge on any atom is 0.410 e. The highest BCUT2D eigenvalue weighted by Gasteiger charge is 2.21. The number of nitrogens with zero attached hydrogens (tertiary/aromatic N) is 1. The second kappa shape index (κ2) is 6.36. The van der Waals surface area contributed by atoms with E-state index in [0.29, 0.717) is 18.7 Å². The van der Waals surface area contributed by atoms with Gasteiger partial charge < -0.3 is 9.64 Å². The molecule has 0 aliphatic heterocycles. The van der Waals surface area contributed by atoms with E-state index in [9.17, 15) is 9.18 Å². The lowest BCUT2D eigenvalue weighted by Crippen LogP contribution is -2.36. The third-order valence-corrected chi connectivity index (χ3v) is 2.26. The lowest BCUT2D eigenvalue weighted by atomic mass is 10.2. The Morgan fingerprint density at radius 2 is 2.16 bits per heavy atom. The minimum Gasteiger partial charge on any atom is -0.444 e. The number of halogens is 1. The van der Waals surface area contributed by atoms with Gasteiger partial charge in [0.05, 0.1) is 0 Å². The molecule has 1 aromatic carbocycles. The van der Waals surface area contributed by atoms with E-state index in [2.05, 4.69) is 6.58 Å². The van der Waals surface area contributed by atoms with Crippen LogP contribution in [0.4, 0.5) is 9.18 Å². The first-order valence-electron chi connectivity index (χ1n) is 6.15. The fraction of sp³-hybridized carbons (Fsp3) is 0.400. The molecule has 19 heavy (non-hydrogen) atoms. The van der Waals surface area contributed by atoms with Crippen molar-refractivity contribution in [1.29, 1.82) is 0 Å². The number of benzene rings is 1. The molecule has 0 fully saturated rings. The molecule has 104 valence electrons. The van der Waals surface area contributed by atoms with Crippen LogP contribution in [0.15, 0.2) is 36.9 Å². The normalized spacial score (nSPS) is 10.9. The van der Waals surface area contributed by atoms with Gasteiger partial charge in [0.15, 0.2) is 0 Å². The molecule has 0 N–H and O–H groups in total. The van der Waals surface area contributed by atoms with Crippen LogP contribution in [-0.4, -0.2) is 23.1 Å². The molecule has 0 unspecified atom stereocenters. The topological polar surface area (TPSA) is 29.5 Å². The summed E-state index contributed by atoms with van der Waals surface area (Å²) in [5.41, 5.74) is 0.158. The minimum atomic E-state index is -0.557. The second-order valence-electron chi connectivity index (χ2n) is 5.28. The summed E-state index contributed by atoms with van der Waals surface area (Å²) in [7, 11) is 0. The van der Waals surface area contributed by atoms with Crippen LogP contribution in [0.1, 0.15) is 26.3 Å². The molecule has 1 rings (SSSR count). The van der Waals surface area contributed by atoms with Crippen molar-refractivity contribution < 1.29 is 13.9 Å². The SMILES string of the molecule is C=CCN(Cc1cccc(F)c1)C(=O)OC(C)(C)C. The average molecular weight is 265 g/mol. The second-order valence-corrected chi connectivity index (χ2v) is 5.28. The van der Waals surface area contributed by atoms with E-state index in [4.69, 9.17) is 4.74 Å². The fourth-order valence-corrected chi connectivity index (χ4v) is 1.54. The Morgan fingerprint density at radius 1 is 1.47 bits per heavy atom. The summed E-state index contributed by atoms with van der Waals surface area (Å²) in [6, 6.07) is 6.16. The van der Waals surface area contributed by atoms with E-state index in [0.717, 1.165) is 0 Å². The fourth-order valence-electron chi connectivity index (χ4n) is 1.54. The predicted octanol–water partition coefficient (Wildman–Crippen LogP) is 3.75. The van der Waals surface area contributed by atoms with Gasteiger partial charge in [-0.05, 0) is 38.5 Å². The van der Waals surface area contributed by atoms with Gasteiger partial charge in [0.2, 0.25) is 0 Å². The molecule has 0 atom stereocenters. The van der Waals surface area contributed by atoms with Gasteiger partial charge in [-0.3, -0.25) is 0 Å². The van der Waals surface area contributed by atoms with Crippen LogP contribution in [0, 0.1) is 5.82 Å². The van der Waals surface area contributed by atoms with Gasteiger partial charge in [-0.15, -0.1) is 6.58 Å². The third kappa shape index (κ3) is 5.55. The predicted molar refractivity (Wildman–Crippen MR) is 73.2 cm³/mol. The first-order valence-corrected chi connectivity index (χ1v) is 6.15. The molecule has 1 amide bonds. The van der Waals surface area contributed by atoms with Gasteiger partial charge in [-0.2, -0.15) is 0 Å². The lowest BCUT2D eigenvalue weighted by molar-refractivity contribution is 0.0256. The zero-order valence-electron chi connectivity index (χ0n) is 11.6. The van der Waals surface area contributed by atoms with Gasteiger partial charge >= 0.3 is 6.09 Å². The van der Waals surface area contributed by atoms with Crippen LogP contribution in [0.3, 0.4) is 0 Å². The van der Waals surface area contributed by atoms with Crippen molar-refractivity contribution >= 4 is 6.09 Å². The Labute approximate surface area is 113 Å². The van der Waals surface area contributed by atoms with Crippen LogP contribution in [0.25, 0.3) is 0 Å². The van der Waals surface area contributed by atoms with Crippen molar-refractivity contribution in [3.05, 3.63) is 48.3 Å². The Balaban J connectivity index is 2.77. The molecule has 0 bridgehead atoms. The number of amides is 1. The summed E-state index contributed by atoms with van der Waals surface area (Å²) in [6.07, 6.45) is 1.18. The Kier molecular flexibility index (Phi) is 5.10. The number of ether oxygens (including phenoxy) is 1. The van der Waals surface area contributed by atoms with Crippen molar-refractivity contribution in [1.82, 2.24) is 4.90 Å². The van der Waals surface area contributed by atoms with Crippen molar-refractivity contribution in [2.45, 2.75) is 32.9 Å². The van der Waals surface area contributed by atoms with Gasteiger partial charge in [-0.1, -0.05) is 18.2 Å². The zero-order chi connectivity index (χ0) is 14.5. The molecule has 0 heterocycles. The van der Waals surface area contributed by atoms with Crippen LogP contribution in [-0.2, 0) is 11.3 Å². The summed E-state index contributed by atoms with van der Waals surface area (Å²) in [4.78, 5) is 13.5. The summed E-state index contributed by atoms with van der Waals surface area (Å²) in [5, 5.41) is 0. The number of carbonyl (C=O) groups excluding carboxylic acids is 1. The van der Waals surface area contributed by atoms with Crippen molar-refractivity contribution in [3.8, 4) is 0 Å². The monoisotopic (exact) mass is 265 g/mol. The van der Waals surface area contributed by atoms with Crippen LogP contribution in [0.2, 0.25) is 0 Å². The highest BCUT2D eigenvalue weighted by molar-refractivity contribution is 5.68. The Hall–Kier alpha value is -1.84. The van der Waals surface area contributed by atoms with Crippen molar-refractivity contribution in [2.75, 3.05) is 6.54 Å². The van der Waals surface area contributed by atoms with E-state index in [-0.39, 0.29) is 5.82 Å². The number of rotatable bonds is 4. The maximum absolute atomic E-state index is 13.1. The lowest BCUT2D eigenvalue weighted by Gasteiger charge is -2.26. The van der Waals surface area contributed by atoms with Crippen molar-refractivity contribution in [2.24, 2.45) is 0 Å². The molecule has 0 aliphatic rings. The molecule has 0 radical (unpaired) electrons. The Morgan fingerprint density at radius 3 is 2.68 bits per heavy atom. The standard InChI is InChI=1S/C15H20FNO2/c1-5-9-17(14(18)19-15(2,3)4)11-12-7-6-8-13(16)10-12/h5-8,10H,1,9,11H2,2-4H3. The molecule has 0 aliphatic carbocycles. The number of carbonyl (C=O) groups is 1. The molecule has 4 heteroatoms.